The third-order valence-corrected chi connectivity index (χ3v) is 3.64. The molecule has 0 radical (unpaired) electrons. The van der Waals surface area contributed by atoms with Gasteiger partial charge in [-0.25, -0.2) is 0 Å². The summed E-state index contributed by atoms with van der Waals surface area (Å²) in [5.74, 6) is -0.403. The third-order valence-electron chi connectivity index (χ3n) is 3.64. The van der Waals surface area contributed by atoms with Gasteiger partial charge in [0.15, 0.2) is 11.6 Å². The Morgan fingerprint density at radius 3 is 1.95 bits per heavy atom. The molecule has 0 spiro atoms. The molecule has 0 fully saturated rings. The Morgan fingerprint density at radius 1 is 0.818 bits per heavy atom. The van der Waals surface area contributed by atoms with Gasteiger partial charge in [0.1, 0.15) is 0 Å². The molecule has 1 aliphatic rings. The van der Waals surface area contributed by atoms with Crippen molar-refractivity contribution in [3.05, 3.63) is 89.6 Å². The first-order valence-corrected chi connectivity index (χ1v) is 7.03. The molecule has 0 saturated carbocycles. The molecule has 1 aliphatic carbocycles. The van der Waals surface area contributed by atoms with E-state index in [4.69, 9.17) is 0 Å². The van der Waals surface area contributed by atoms with Gasteiger partial charge in [-0.2, -0.15) is 0 Å². The average Bonchev–Trinajstić information content (AvgIpc) is 2.81. The van der Waals surface area contributed by atoms with Crippen molar-refractivity contribution in [2.75, 3.05) is 11.9 Å². The minimum atomic E-state index is -0.201. The molecule has 0 amide bonds. The molecule has 0 unspecified atom stereocenters. The van der Waals surface area contributed by atoms with E-state index in [-0.39, 0.29) is 17.1 Å². The van der Waals surface area contributed by atoms with Crippen LogP contribution in [0.25, 0.3) is 0 Å². The van der Waals surface area contributed by atoms with Gasteiger partial charge in [-0.05, 0) is 24.3 Å². The summed E-state index contributed by atoms with van der Waals surface area (Å²) in [6.07, 6.45) is 5.14. The SMILES string of the molecule is CN(/C=C/C=C1C(=O)c2ccccc2C1=O)c1ccccc1. The van der Waals surface area contributed by atoms with Gasteiger partial charge in [0.05, 0.1) is 5.57 Å². The van der Waals surface area contributed by atoms with Crippen LogP contribution < -0.4 is 4.90 Å². The van der Waals surface area contributed by atoms with E-state index in [0.29, 0.717) is 11.1 Å². The maximum atomic E-state index is 12.2. The number of ketones is 2. The molecular weight excluding hydrogens is 274 g/mol. The van der Waals surface area contributed by atoms with Crippen molar-refractivity contribution in [3.8, 4) is 0 Å². The lowest BCUT2D eigenvalue weighted by Crippen LogP contribution is -2.07. The molecule has 3 rings (SSSR count). The highest BCUT2D eigenvalue weighted by atomic mass is 16.2. The average molecular weight is 289 g/mol. The Bertz CT molecular complexity index is 751. The van der Waals surface area contributed by atoms with Gasteiger partial charge in [0.25, 0.3) is 0 Å². The van der Waals surface area contributed by atoms with Crippen molar-refractivity contribution >= 4 is 17.3 Å². The fourth-order valence-electron chi connectivity index (χ4n) is 2.44. The summed E-state index contributed by atoms with van der Waals surface area (Å²) < 4.78 is 0. The van der Waals surface area contributed by atoms with Crippen molar-refractivity contribution < 1.29 is 9.59 Å². The lowest BCUT2D eigenvalue weighted by molar-refractivity contribution is 0.0989. The van der Waals surface area contributed by atoms with E-state index < -0.39 is 0 Å². The minimum absolute atomic E-state index is 0.201. The predicted octanol–water partition coefficient (Wildman–Crippen LogP) is 3.64. The van der Waals surface area contributed by atoms with E-state index in [1.54, 1.807) is 36.4 Å². The molecule has 0 N–H and O–H groups in total. The van der Waals surface area contributed by atoms with Gasteiger partial charge in [-0.3, -0.25) is 9.59 Å². The first kappa shape index (κ1) is 14.0. The van der Waals surface area contributed by atoms with Gasteiger partial charge in [0.2, 0.25) is 0 Å². The highest BCUT2D eigenvalue weighted by Gasteiger charge is 2.31. The predicted molar refractivity (Wildman–Crippen MR) is 87.2 cm³/mol. The van der Waals surface area contributed by atoms with Crippen LogP contribution in [0.1, 0.15) is 20.7 Å². The molecule has 0 aliphatic heterocycles. The molecule has 3 heteroatoms. The van der Waals surface area contributed by atoms with Crippen molar-refractivity contribution in [1.29, 1.82) is 0 Å². The number of allylic oxidation sites excluding steroid dienone is 3. The summed E-state index contributed by atoms with van der Waals surface area (Å²) >= 11 is 0. The van der Waals surface area contributed by atoms with Gasteiger partial charge < -0.3 is 4.90 Å². The minimum Gasteiger partial charge on any atom is -0.351 e. The zero-order chi connectivity index (χ0) is 15.5. The molecule has 0 saturated heterocycles. The standard InChI is InChI=1S/C19H15NO2/c1-20(14-8-3-2-4-9-14)13-7-12-17-18(21)15-10-5-6-11-16(15)19(17)22/h2-13H,1H3/b13-7+. The topological polar surface area (TPSA) is 37.4 Å². The number of para-hydroxylation sites is 1. The van der Waals surface area contributed by atoms with Gasteiger partial charge in [0, 0.05) is 30.1 Å². The first-order chi connectivity index (χ1) is 10.7. The van der Waals surface area contributed by atoms with E-state index >= 15 is 0 Å². The Hall–Kier alpha value is -2.94. The lowest BCUT2D eigenvalue weighted by Gasteiger charge is -2.12. The van der Waals surface area contributed by atoms with E-state index in [1.807, 2.05) is 48.5 Å². The number of carbonyl (C=O) groups is 2. The lowest BCUT2D eigenvalue weighted by atomic mass is 10.1. The molecule has 0 bridgehead atoms. The quantitative estimate of drug-likeness (QED) is 0.639. The molecule has 0 aromatic heterocycles. The number of hydrogen-bond acceptors (Lipinski definition) is 3. The maximum absolute atomic E-state index is 12.2. The number of nitrogens with zero attached hydrogens (tertiary/aromatic N) is 1. The second kappa shape index (κ2) is 5.82. The summed E-state index contributed by atoms with van der Waals surface area (Å²) in [6, 6.07) is 16.8. The molecular formula is C19H15NO2. The largest absolute Gasteiger partial charge is 0.351 e. The normalized spacial score (nSPS) is 13.6. The van der Waals surface area contributed by atoms with Gasteiger partial charge in [-0.15, -0.1) is 0 Å². The van der Waals surface area contributed by atoms with Crippen molar-refractivity contribution in [1.82, 2.24) is 0 Å². The molecule has 22 heavy (non-hydrogen) atoms. The van der Waals surface area contributed by atoms with Crippen molar-refractivity contribution in [2.45, 2.75) is 0 Å². The highest BCUT2D eigenvalue weighted by molar-refractivity contribution is 6.39. The van der Waals surface area contributed by atoms with Gasteiger partial charge in [-0.1, -0.05) is 42.5 Å². The summed E-state index contributed by atoms with van der Waals surface area (Å²) in [5, 5.41) is 0. The van der Waals surface area contributed by atoms with Crippen LogP contribution >= 0.6 is 0 Å². The summed E-state index contributed by atoms with van der Waals surface area (Å²) in [4.78, 5) is 26.4. The number of carbonyl (C=O) groups excluding carboxylic acids is 2. The number of rotatable bonds is 3. The highest BCUT2D eigenvalue weighted by Crippen LogP contribution is 2.26. The first-order valence-electron chi connectivity index (χ1n) is 7.03. The van der Waals surface area contributed by atoms with Crippen LogP contribution in [0, 0.1) is 0 Å². The van der Waals surface area contributed by atoms with Crippen LogP contribution in [-0.4, -0.2) is 18.6 Å². The van der Waals surface area contributed by atoms with E-state index in [1.165, 1.54) is 0 Å². The van der Waals surface area contributed by atoms with E-state index in [2.05, 4.69) is 0 Å². The Labute approximate surface area is 129 Å². The number of anilines is 1. The Kier molecular flexibility index (Phi) is 3.71. The van der Waals surface area contributed by atoms with Crippen LogP contribution in [0.5, 0.6) is 0 Å². The fraction of sp³-hybridized carbons (Fsp3) is 0.0526. The molecule has 3 nitrogen and oxygen atoms in total. The smallest absolute Gasteiger partial charge is 0.197 e. The molecule has 108 valence electrons. The van der Waals surface area contributed by atoms with Crippen molar-refractivity contribution in [2.24, 2.45) is 0 Å². The number of Topliss-reactive ketones (excluding diaryl/α,β-unsaturated/α-hetero) is 2. The maximum Gasteiger partial charge on any atom is 0.197 e. The van der Waals surface area contributed by atoms with Crippen LogP contribution in [0.15, 0.2) is 78.5 Å². The summed E-state index contributed by atoms with van der Waals surface area (Å²) in [5.41, 5.74) is 2.23. The van der Waals surface area contributed by atoms with Crippen molar-refractivity contribution in [3.63, 3.8) is 0 Å². The van der Waals surface area contributed by atoms with Gasteiger partial charge >= 0.3 is 0 Å². The van der Waals surface area contributed by atoms with Crippen LogP contribution in [0.2, 0.25) is 0 Å². The zero-order valence-corrected chi connectivity index (χ0v) is 12.2. The Balaban J connectivity index is 1.81. The molecule has 0 heterocycles. The monoisotopic (exact) mass is 289 g/mol. The number of fused-ring (bicyclic) bond motifs is 1. The summed E-state index contributed by atoms with van der Waals surface area (Å²) in [6.45, 7) is 0. The summed E-state index contributed by atoms with van der Waals surface area (Å²) in [7, 11) is 1.91. The number of hydrogen-bond donors (Lipinski definition) is 0. The Morgan fingerprint density at radius 2 is 1.36 bits per heavy atom. The van der Waals surface area contributed by atoms with Crippen LogP contribution in [0.4, 0.5) is 5.69 Å². The fourth-order valence-corrected chi connectivity index (χ4v) is 2.44. The van der Waals surface area contributed by atoms with E-state index in [9.17, 15) is 9.59 Å². The van der Waals surface area contributed by atoms with E-state index in [0.717, 1.165) is 5.69 Å². The number of benzene rings is 2. The molecule has 2 aromatic rings. The second-order valence-corrected chi connectivity index (χ2v) is 5.07. The van der Waals surface area contributed by atoms with Crippen LogP contribution in [0.3, 0.4) is 0 Å². The molecule has 2 aromatic carbocycles. The molecule has 0 atom stereocenters. The van der Waals surface area contributed by atoms with Crippen LogP contribution in [-0.2, 0) is 0 Å². The third kappa shape index (κ3) is 2.49. The zero-order valence-electron chi connectivity index (χ0n) is 12.2. The second-order valence-electron chi connectivity index (χ2n) is 5.07.